The second kappa shape index (κ2) is 6.37. The molecular formula is C18H20N4OS. The minimum atomic E-state index is -0.0359. The standard InChI is InChI=1S/C18H20N4OS/c1-12-11-24-18(20-12)21-16(23)10-22-9-6-14-3-2-13-4-7-19-8-5-15(13)17(14)22/h2-3,6,9,11,19H,4-5,7-8,10H2,1H3,(H,20,21,23). The second-order valence-electron chi connectivity index (χ2n) is 6.18. The van der Waals surface area contributed by atoms with Crippen LogP contribution < -0.4 is 10.6 Å². The first-order valence-electron chi connectivity index (χ1n) is 8.23. The first-order valence-corrected chi connectivity index (χ1v) is 9.11. The van der Waals surface area contributed by atoms with E-state index in [9.17, 15) is 4.79 Å². The van der Waals surface area contributed by atoms with Gasteiger partial charge in [0.15, 0.2) is 5.13 Å². The molecule has 0 saturated carbocycles. The van der Waals surface area contributed by atoms with Gasteiger partial charge < -0.3 is 15.2 Å². The van der Waals surface area contributed by atoms with Crippen molar-refractivity contribution in [3.05, 3.63) is 46.6 Å². The van der Waals surface area contributed by atoms with E-state index >= 15 is 0 Å². The van der Waals surface area contributed by atoms with Crippen LogP contribution in [0.3, 0.4) is 0 Å². The average Bonchev–Trinajstić information content (AvgIpc) is 3.06. The van der Waals surface area contributed by atoms with Crippen molar-refractivity contribution in [1.29, 1.82) is 0 Å². The fourth-order valence-corrected chi connectivity index (χ4v) is 4.05. The number of rotatable bonds is 3. The Morgan fingerprint density at radius 1 is 1.33 bits per heavy atom. The molecule has 5 nitrogen and oxygen atoms in total. The molecule has 4 rings (SSSR count). The molecule has 1 aliphatic rings. The SMILES string of the molecule is Cc1csc(NC(=O)Cn2ccc3ccc4c(c32)CCNCC4)n1. The summed E-state index contributed by atoms with van der Waals surface area (Å²) in [5, 5.41) is 10.1. The Hall–Kier alpha value is -2.18. The lowest BCUT2D eigenvalue weighted by Crippen LogP contribution is -2.19. The van der Waals surface area contributed by atoms with Crippen molar-refractivity contribution < 1.29 is 4.79 Å². The Morgan fingerprint density at radius 2 is 2.21 bits per heavy atom. The highest BCUT2D eigenvalue weighted by atomic mass is 32.1. The highest BCUT2D eigenvalue weighted by Crippen LogP contribution is 2.26. The molecule has 0 radical (unpaired) electrons. The minimum absolute atomic E-state index is 0.0359. The van der Waals surface area contributed by atoms with Gasteiger partial charge in [0.1, 0.15) is 6.54 Å². The zero-order valence-electron chi connectivity index (χ0n) is 13.6. The number of benzene rings is 1. The number of anilines is 1. The van der Waals surface area contributed by atoms with Gasteiger partial charge in [-0.15, -0.1) is 11.3 Å². The summed E-state index contributed by atoms with van der Waals surface area (Å²) in [6.45, 7) is 4.24. The molecule has 0 atom stereocenters. The van der Waals surface area contributed by atoms with Gasteiger partial charge in [0.2, 0.25) is 5.91 Å². The van der Waals surface area contributed by atoms with E-state index in [0.29, 0.717) is 11.7 Å². The third kappa shape index (κ3) is 2.95. The molecule has 0 saturated heterocycles. The highest BCUT2D eigenvalue weighted by molar-refractivity contribution is 7.13. The fourth-order valence-electron chi connectivity index (χ4n) is 3.35. The molecule has 3 heterocycles. The van der Waals surface area contributed by atoms with E-state index in [-0.39, 0.29) is 5.91 Å². The molecule has 1 aromatic carbocycles. The zero-order valence-corrected chi connectivity index (χ0v) is 14.4. The molecule has 2 aromatic heterocycles. The maximum atomic E-state index is 12.4. The molecule has 2 N–H and O–H groups in total. The first kappa shape index (κ1) is 15.4. The van der Waals surface area contributed by atoms with Crippen molar-refractivity contribution in [3.63, 3.8) is 0 Å². The fraction of sp³-hybridized carbons (Fsp3) is 0.333. The van der Waals surface area contributed by atoms with E-state index in [1.807, 2.05) is 18.5 Å². The topological polar surface area (TPSA) is 59.0 Å². The summed E-state index contributed by atoms with van der Waals surface area (Å²) in [5.41, 5.74) is 4.89. The number of nitrogens with zero attached hydrogens (tertiary/aromatic N) is 2. The highest BCUT2D eigenvalue weighted by Gasteiger charge is 2.15. The number of amides is 1. The molecule has 3 aromatic rings. The van der Waals surface area contributed by atoms with E-state index < -0.39 is 0 Å². The number of aryl methyl sites for hydroxylation is 1. The van der Waals surface area contributed by atoms with Crippen molar-refractivity contribution in [1.82, 2.24) is 14.9 Å². The van der Waals surface area contributed by atoms with Crippen LogP contribution in [0.25, 0.3) is 10.9 Å². The predicted octanol–water partition coefficient (Wildman–Crippen LogP) is 2.73. The Morgan fingerprint density at radius 3 is 3.04 bits per heavy atom. The number of hydrogen-bond donors (Lipinski definition) is 2. The van der Waals surface area contributed by atoms with Crippen LogP contribution in [-0.2, 0) is 24.2 Å². The van der Waals surface area contributed by atoms with Crippen molar-refractivity contribution >= 4 is 33.3 Å². The van der Waals surface area contributed by atoms with Crippen LogP contribution in [0.2, 0.25) is 0 Å². The summed E-state index contributed by atoms with van der Waals surface area (Å²) >= 11 is 1.46. The van der Waals surface area contributed by atoms with Crippen LogP contribution in [-0.4, -0.2) is 28.5 Å². The van der Waals surface area contributed by atoms with Crippen molar-refractivity contribution in [3.8, 4) is 0 Å². The van der Waals surface area contributed by atoms with Crippen LogP contribution in [0.5, 0.6) is 0 Å². The Kier molecular flexibility index (Phi) is 4.08. The summed E-state index contributed by atoms with van der Waals surface area (Å²) < 4.78 is 2.06. The number of aromatic nitrogens is 2. The summed E-state index contributed by atoms with van der Waals surface area (Å²) in [6, 6.07) is 6.49. The van der Waals surface area contributed by atoms with Gasteiger partial charge in [-0.05, 0) is 55.4 Å². The van der Waals surface area contributed by atoms with Gasteiger partial charge in [0.05, 0.1) is 11.2 Å². The summed E-state index contributed by atoms with van der Waals surface area (Å²) in [5.74, 6) is -0.0359. The van der Waals surface area contributed by atoms with Crippen molar-refractivity contribution in [2.45, 2.75) is 26.3 Å². The van der Waals surface area contributed by atoms with Crippen molar-refractivity contribution in [2.75, 3.05) is 18.4 Å². The number of hydrogen-bond acceptors (Lipinski definition) is 4. The largest absolute Gasteiger partial charge is 0.338 e. The smallest absolute Gasteiger partial charge is 0.246 e. The third-order valence-corrected chi connectivity index (χ3v) is 5.31. The van der Waals surface area contributed by atoms with E-state index in [0.717, 1.165) is 31.6 Å². The maximum Gasteiger partial charge on any atom is 0.246 e. The molecule has 1 amide bonds. The van der Waals surface area contributed by atoms with Gasteiger partial charge in [0.25, 0.3) is 0 Å². The van der Waals surface area contributed by atoms with Crippen LogP contribution in [0.15, 0.2) is 29.8 Å². The first-order chi connectivity index (χ1) is 11.7. The monoisotopic (exact) mass is 340 g/mol. The van der Waals surface area contributed by atoms with Crippen LogP contribution in [0, 0.1) is 6.92 Å². The van der Waals surface area contributed by atoms with Gasteiger partial charge in [0, 0.05) is 11.6 Å². The number of fused-ring (bicyclic) bond motifs is 3. The van der Waals surface area contributed by atoms with E-state index in [1.165, 1.54) is 33.4 Å². The molecule has 6 heteroatoms. The van der Waals surface area contributed by atoms with Gasteiger partial charge in [-0.3, -0.25) is 4.79 Å². The second-order valence-corrected chi connectivity index (χ2v) is 7.04. The minimum Gasteiger partial charge on any atom is -0.338 e. The number of carbonyl (C=O) groups excluding carboxylic acids is 1. The molecule has 124 valence electrons. The summed E-state index contributed by atoms with van der Waals surface area (Å²) in [7, 11) is 0. The predicted molar refractivity (Wildman–Crippen MR) is 97.7 cm³/mol. The van der Waals surface area contributed by atoms with Crippen LogP contribution in [0.4, 0.5) is 5.13 Å². The third-order valence-electron chi connectivity index (χ3n) is 4.43. The number of carbonyl (C=O) groups is 1. The van der Waals surface area contributed by atoms with Gasteiger partial charge >= 0.3 is 0 Å². The van der Waals surface area contributed by atoms with Gasteiger partial charge in [-0.25, -0.2) is 4.98 Å². The molecule has 0 bridgehead atoms. The molecule has 0 spiro atoms. The molecule has 0 fully saturated rings. The van der Waals surface area contributed by atoms with Crippen LogP contribution >= 0.6 is 11.3 Å². The van der Waals surface area contributed by atoms with Crippen molar-refractivity contribution in [2.24, 2.45) is 0 Å². The van der Waals surface area contributed by atoms with E-state index in [4.69, 9.17) is 0 Å². The quantitative estimate of drug-likeness (QED) is 0.771. The molecule has 0 aliphatic carbocycles. The lowest BCUT2D eigenvalue weighted by Gasteiger charge is -2.12. The Balaban J connectivity index is 1.63. The average molecular weight is 340 g/mol. The lowest BCUT2D eigenvalue weighted by molar-refractivity contribution is -0.116. The Labute approximate surface area is 144 Å². The summed E-state index contributed by atoms with van der Waals surface area (Å²) in [4.78, 5) is 16.7. The maximum absolute atomic E-state index is 12.4. The van der Waals surface area contributed by atoms with Crippen LogP contribution in [0.1, 0.15) is 16.8 Å². The zero-order chi connectivity index (χ0) is 16.5. The molecule has 0 unspecified atom stereocenters. The van der Waals surface area contributed by atoms with Gasteiger partial charge in [-0.1, -0.05) is 12.1 Å². The molecule has 1 aliphatic heterocycles. The normalized spacial score (nSPS) is 14.4. The van der Waals surface area contributed by atoms with E-state index in [2.05, 4.69) is 38.4 Å². The molecular weight excluding hydrogens is 320 g/mol. The molecule has 24 heavy (non-hydrogen) atoms. The number of nitrogens with one attached hydrogen (secondary N) is 2. The van der Waals surface area contributed by atoms with E-state index in [1.54, 1.807) is 0 Å². The van der Waals surface area contributed by atoms with Gasteiger partial charge in [-0.2, -0.15) is 0 Å². The summed E-state index contributed by atoms with van der Waals surface area (Å²) in [6.07, 6.45) is 4.06. The number of thiazole rings is 1. The Bertz CT molecular complexity index is 896. The lowest BCUT2D eigenvalue weighted by atomic mass is 10.00.